The lowest BCUT2D eigenvalue weighted by molar-refractivity contribution is 0.117. The summed E-state index contributed by atoms with van der Waals surface area (Å²) in [5.41, 5.74) is 0.920. The van der Waals surface area contributed by atoms with Crippen LogP contribution in [-0.2, 0) is 9.47 Å². The van der Waals surface area contributed by atoms with E-state index in [-0.39, 0.29) is 12.2 Å². The smallest absolute Gasteiger partial charge is 0.422 e. The van der Waals surface area contributed by atoms with Crippen LogP contribution in [0.3, 0.4) is 0 Å². The van der Waals surface area contributed by atoms with Crippen LogP contribution < -0.4 is 0 Å². The van der Waals surface area contributed by atoms with E-state index in [1.807, 2.05) is 30.3 Å². The van der Waals surface area contributed by atoms with Crippen molar-refractivity contribution >= 4 is 6.16 Å². The molecule has 3 nitrogen and oxygen atoms in total. The molecular weight excluding hydrogens is 180 g/mol. The van der Waals surface area contributed by atoms with Crippen molar-refractivity contribution in [2.24, 2.45) is 0 Å². The van der Waals surface area contributed by atoms with Crippen LogP contribution >= 0.6 is 0 Å². The maximum atomic E-state index is 10.9. The van der Waals surface area contributed by atoms with E-state index in [2.05, 4.69) is 6.58 Å². The SMILES string of the molecule is C=C[C@@H]1OC(=O)O[C@@H]1c1ccccc1. The molecule has 0 aromatic heterocycles. The Morgan fingerprint density at radius 2 is 1.93 bits per heavy atom. The summed E-state index contributed by atoms with van der Waals surface area (Å²) in [4.78, 5) is 10.9. The molecule has 0 N–H and O–H groups in total. The molecule has 0 aliphatic carbocycles. The highest BCUT2D eigenvalue weighted by molar-refractivity contribution is 5.63. The van der Waals surface area contributed by atoms with Gasteiger partial charge < -0.3 is 9.47 Å². The zero-order chi connectivity index (χ0) is 9.97. The third-order valence-electron chi connectivity index (χ3n) is 2.11. The average Bonchev–Trinajstić information content (AvgIpc) is 2.61. The Morgan fingerprint density at radius 3 is 2.57 bits per heavy atom. The van der Waals surface area contributed by atoms with E-state index in [1.54, 1.807) is 6.08 Å². The van der Waals surface area contributed by atoms with Crippen LogP contribution in [0, 0.1) is 0 Å². The second kappa shape index (κ2) is 3.54. The van der Waals surface area contributed by atoms with Crippen molar-refractivity contribution in [3.63, 3.8) is 0 Å². The van der Waals surface area contributed by atoms with Gasteiger partial charge in [-0.2, -0.15) is 0 Å². The molecule has 0 amide bonds. The predicted molar refractivity (Wildman–Crippen MR) is 50.7 cm³/mol. The summed E-state index contributed by atoms with van der Waals surface area (Å²) in [7, 11) is 0. The van der Waals surface area contributed by atoms with Crippen molar-refractivity contribution in [3.8, 4) is 0 Å². The predicted octanol–water partition coefficient (Wildman–Crippen LogP) is 2.45. The fourth-order valence-corrected chi connectivity index (χ4v) is 1.44. The molecule has 0 unspecified atom stereocenters. The minimum atomic E-state index is -0.635. The number of rotatable bonds is 2. The lowest BCUT2D eigenvalue weighted by atomic mass is 10.1. The molecule has 1 aliphatic heterocycles. The summed E-state index contributed by atoms with van der Waals surface area (Å²) in [6.07, 6.45) is 0.192. The monoisotopic (exact) mass is 190 g/mol. The Labute approximate surface area is 81.9 Å². The number of benzene rings is 1. The van der Waals surface area contributed by atoms with Gasteiger partial charge in [-0.3, -0.25) is 0 Å². The highest BCUT2D eigenvalue weighted by Gasteiger charge is 2.35. The fourth-order valence-electron chi connectivity index (χ4n) is 1.44. The van der Waals surface area contributed by atoms with Gasteiger partial charge >= 0.3 is 6.16 Å². The van der Waals surface area contributed by atoms with Crippen LogP contribution in [0.4, 0.5) is 4.79 Å². The van der Waals surface area contributed by atoms with Crippen molar-refractivity contribution in [3.05, 3.63) is 48.6 Å². The van der Waals surface area contributed by atoms with Crippen molar-refractivity contribution < 1.29 is 14.3 Å². The summed E-state index contributed by atoms with van der Waals surface area (Å²) in [5, 5.41) is 0. The zero-order valence-corrected chi connectivity index (χ0v) is 7.55. The molecule has 2 atom stereocenters. The molecule has 14 heavy (non-hydrogen) atoms. The van der Waals surface area contributed by atoms with Crippen LogP contribution in [0.2, 0.25) is 0 Å². The molecule has 1 fully saturated rings. The topological polar surface area (TPSA) is 35.5 Å². The Morgan fingerprint density at radius 1 is 1.21 bits per heavy atom. The molecule has 1 aliphatic rings. The maximum absolute atomic E-state index is 10.9. The van der Waals surface area contributed by atoms with E-state index < -0.39 is 6.16 Å². The van der Waals surface area contributed by atoms with Gasteiger partial charge in [0.25, 0.3) is 0 Å². The molecule has 0 bridgehead atoms. The van der Waals surface area contributed by atoms with Gasteiger partial charge in [-0.25, -0.2) is 4.79 Å². The number of carbonyl (C=O) groups excluding carboxylic acids is 1. The highest BCUT2D eigenvalue weighted by atomic mass is 16.8. The molecule has 3 heteroatoms. The lowest BCUT2D eigenvalue weighted by Gasteiger charge is -2.11. The summed E-state index contributed by atoms with van der Waals surface area (Å²) < 4.78 is 9.92. The number of cyclic esters (lactones) is 2. The summed E-state index contributed by atoms with van der Waals surface area (Å²) in [6, 6.07) is 9.47. The first-order chi connectivity index (χ1) is 6.81. The number of hydrogen-bond acceptors (Lipinski definition) is 3. The minimum absolute atomic E-state index is 0.360. The number of ether oxygens (including phenoxy) is 2. The van der Waals surface area contributed by atoms with Gasteiger partial charge in [-0.05, 0) is 11.6 Å². The van der Waals surface area contributed by atoms with Gasteiger partial charge in [0, 0.05) is 0 Å². The van der Waals surface area contributed by atoms with E-state index in [4.69, 9.17) is 9.47 Å². The van der Waals surface area contributed by atoms with Gasteiger partial charge in [-0.15, -0.1) is 0 Å². The first-order valence-electron chi connectivity index (χ1n) is 4.36. The number of hydrogen-bond donors (Lipinski definition) is 0. The molecule has 0 radical (unpaired) electrons. The van der Waals surface area contributed by atoms with Gasteiger partial charge in [0.1, 0.15) is 0 Å². The molecule has 1 saturated heterocycles. The Hall–Kier alpha value is -1.77. The number of carbonyl (C=O) groups is 1. The lowest BCUT2D eigenvalue weighted by Crippen LogP contribution is -2.11. The van der Waals surface area contributed by atoms with Crippen molar-refractivity contribution in [1.82, 2.24) is 0 Å². The Kier molecular flexibility index (Phi) is 2.23. The zero-order valence-electron chi connectivity index (χ0n) is 7.55. The van der Waals surface area contributed by atoms with Crippen molar-refractivity contribution in [2.45, 2.75) is 12.2 Å². The van der Waals surface area contributed by atoms with E-state index >= 15 is 0 Å². The largest absolute Gasteiger partial charge is 0.509 e. The molecule has 2 rings (SSSR count). The van der Waals surface area contributed by atoms with E-state index in [9.17, 15) is 4.79 Å². The van der Waals surface area contributed by atoms with Crippen LogP contribution in [0.25, 0.3) is 0 Å². The summed E-state index contributed by atoms with van der Waals surface area (Å²) in [5.74, 6) is 0. The first-order valence-corrected chi connectivity index (χ1v) is 4.36. The van der Waals surface area contributed by atoms with Gasteiger partial charge in [0.2, 0.25) is 0 Å². The van der Waals surface area contributed by atoms with Crippen molar-refractivity contribution in [2.75, 3.05) is 0 Å². The second-order valence-corrected chi connectivity index (χ2v) is 3.02. The second-order valence-electron chi connectivity index (χ2n) is 3.02. The molecule has 1 heterocycles. The van der Waals surface area contributed by atoms with E-state index in [0.29, 0.717) is 0 Å². The summed E-state index contributed by atoms with van der Waals surface area (Å²) >= 11 is 0. The normalized spacial score (nSPS) is 25.3. The van der Waals surface area contributed by atoms with Gasteiger partial charge in [0.15, 0.2) is 12.2 Å². The van der Waals surface area contributed by atoms with Crippen LogP contribution in [0.1, 0.15) is 11.7 Å². The fraction of sp³-hybridized carbons (Fsp3) is 0.182. The van der Waals surface area contributed by atoms with Crippen LogP contribution in [-0.4, -0.2) is 12.3 Å². The van der Waals surface area contributed by atoms with Crippen LogP contribution in [0.5, 0.6) is 0 Å². The first kappa shape index (κ1) is 8.81. The maximum Gasteiger partial charge on any atom is 0.509 e. The summed E-state index contributed by atoms with van der Waals surface area (Å²) in [6.45, 7) is 3.60. The Bertz CT molecular complexity index is 345. The third kappa shape index (κ3) is 1.48. The standard InChI is InChI=1S/C11H10O3/c1-2-9-10(14-11(12)13-9)8-6-4-3-5-7-8/h2-7,9-10H,1H2/t9-,10+/m0/s1. The quantitative estimate of drug-likeness (QED) is 0.530. The van der Waals surface area contributed by atoms with Crippen LogP contribution in [0.15, 0.2) is 43.0 Å². The van der Waals surface area contributed by atoms with E-state index in [1.165, 1.54) is 0 Å². The molecular formula is C11H10O3. The molecule has 1 aromatic carbocycles. The van der Waals surface area contributed by atoms with E-state index in [0.717, 1.165) is 5.56 Å². The Balaban J connectivity index is 2.26. The van der Waals surface area contributed by atoms with Gasteiger partial charge in [0.05, 0.1) is 0 Å². The van der Waals surface area contributed by atoms with Gasteiger partial charge in [-0.1, -0.05) is 36.9 Å². The molecule has 72 valence electrons. The molecule has 0 saturated carbocycles. The molecule has 0 spiro atoms. The average molecular weight is 190 g/mol. The molecule has 1 aromatic rings. The highest BCUT2D eigenvalue weighted by Crippen LogP contribution is 2.30. The van der Waals surface area contributed by atoms with Crippen molar-refractivity contribution in [1.29, 1.82) is 0 Å². The minimum Gasteiger partial charge on any atom is -0.422 e. The third-order valence-corrected chi connectivity index (χ3v) is 2.11.